The third-order valence-corrected chi connectivity index (χ3v) is 4.36. The van der Waals surface area contributed by atoms with E-state index >= 15 is 0 Å². The summed E-state index contributed by atoms with van der Waals surface area (Å²) in [6.45, 7) is -0.533. The fraction of sp³-hybridized carbons (Fsp3) is 0.176. The van der Waals surface area contributed by atoms with Crippen LogP contribution in [0, 0.1) is 0 Å². The van der Waals surface area contributed by atoms with Gasteiger partial charge in [-0.2, -0.15) is 0 Å². The number of ether oxygens (including phenoxy) is 1. The van der Waals surface area contributed by atoms with Gasteiger partial charge in [0.05, 0.1) is 17.0 Å². The Labute approximate surface area is 145 Å². The largest absolute Gasteiger partial charge is 0.508 e. The van der Waals surface area contributed by atoms with Crippen LogP contribution < -0.4 is 5.32 Å². The molecule has 0 heterocycles. The Morgan fingerprint density at radius 1 is 1.08 bits per heavy atom. The van der Waals surface area contributed by atoms with Gasteiger partial charge < -0.3 is 15.2 Å². The number of esters is 1. The van der Waals surface area contributed by atoms with E-state index in [9.17, 15) is 23.1 Å². The number of para-hydroxylation sites is 1. The molecule has 2 aromatic carbocycles. The van der Waals surface area contributed by atoms with Gasteiger partial charge in [-0.25, -0.2) is 8.42 Å². The lowest BCUT2D eigenvalue weighted by atomic mass is 10.1. The summed E-state index contributed by atoms with van der Waals surface area (Å²) in [6.07, 6.45) is 0.989. The molecule has 0 aliphatic heterocycles. The molecule has 0 bridgehead atoms. The highest BCUT2D eigenvalue weighted by molar-refractivity contribution is 7.90. The van der Waals surface area contributed by atoms with E-state index in [4.69, 9.17) is 4.74 Å². The zero-order valence-corrected chi connectivity index (χ0v) is 14.2. The van der Waals surface area contributed by atoms with Crippen LogP contribution in [-0.4, -0.2) is 38.3 Å². The Morgan fingerprint density at radius 3 is 2.36 bits per heavy atom. The van der Waals surface area contributed by atoms with Gasteiger partial charge in [0.1, 0.15) is 5.75 Å². The summed E-state index contributed by atoms with van der Waals surface area (Å²) < 4.78 is 28.2. The number of nitrogens with one attached hydrogen (secondary N) is 1. The molecule has 132 valence electrons. The number of sulfone groups is 1. The van der Waals surface area contributed by atoms with Crippen molar-refractivity contribution >= 4 is 27.4 Å². The van der Waals surface area contributed by atoms with Crippen molar-refractivity contribution in [3.05, 3.63) is 54.1 Å². The van der Waals surface area contributed by atoms with Crippen LogP contribution in [0.3, 0.4) is 0 Å². The maximum absolute atomic E-state index is 11.9. The molecular weight excluding hydrogens is 346 g/mol. The first-order chi connectivity index (χ1) is 11.8. The molecule has 0 aromatic heterocycles. The average Bonchev–Trinajstić information content (AvgIpc) is 2.55. The van der Waals surface area contributed by atoms with Gasteiger partial charge in [0.15, 0.2) is 16.4 Å². The van der Waals surface area contributed by atoms with Crippen molar-refractivity contribution in [1.29, 1.82) is 0 Å². The van der Waals surface area contributed by atoms with Crippen LogP contribution in [0.2, 0.25) is 0 Å². The summed E-state index contributed by atoms with van der Waals surface area (Å²) in [7, 11) is -3.50. The third-order valence-electron chi connectivity index (χ3n) is 3.21. The number of phenolic OH excluding ortho intramolecular Hbond substituents is 1. The highest BCUT2D eigenvalue weighted by atomic mass is 32.2. The predicted octanol–water partition coefficient (Wildman–Crippen LogP) is 1.52. The molecule has 0 saturated carbocycles. The maximum Gasteiger partial charge on any atom is 0.310 e. The standard InChI is InChI=1S/C17H17NO6S/c1-25(22,23)15-5-3-2-4-14(15)18-16(20)11-24-17(21)10-12-6-8-13(19)9-7-12/h2-9,19H,10-11H2,1H3,(H,18,20). The molecule has 8 heteroatoms. The molecule has 25 heavy (non-hydrogen) atoms. The van der Waals surface area contributed by atoms with E-state index in [2.05, 4.69) is 5.32 Å². The maximum atomic E-state index is 11.9. The summed E-state index contributed by atoms with van der Waals surface area (Å²) in [4.78, 5) is 23.6. The zero-order valence-electron chi connectivity index (χ0n) is 13.4. The number of aromatic hydroxyl groups is 1. The SMILES string of the molecule is CS(=O)(=O)c1ccccc1NC(=O)COC(=O)Cc1ccc(O)cc1. The minimum absolute atomic E-state index is 0.0150. The second-order valence-corrected chi connectivity index (χ2v) is 7.30. The Kier molecular flexibility index (Phi) is 5.76. The Hall–Kier alpha value is -2.87. The van der Waals surface area contributed by atoms with Crippen molar-refractivity contribution in [2.45, 2.75) is 11.3 Å². The molecule has 7 nitrogen and oxygen atoms in total. The number of hydrogen-bond donors (Lipinski definition) is 2. The fourth-order valence-electron chi connectivity index (χ4n) is 2.06. The quantitative estimate of drug-likeness (QED) is 0.753. The van der Waals surface area contributed by atoms with Gasteiger partial charge >= 0.3 is 5.97 Å². The normalized spacial score (nSPS) is 10.9. The van der Waals surface area contributed by atoms with Crippen molar-refractivity contribution in [1.82, 2.24) is 0 Å². The van der Waals surface area contributed by atoms with E-state index in [-0.39, 0.29) is 22.8 Å². The summed E-state index contributed by atoms with van der Waals surface area (Å²) in [5.74, 6) is -1.17. The Balaban J connectivity index is 1.91. The van der Waals surface area contributed by atoms with E-state index < -0.39 is 28.3 Å². The number of amides is 1. The van der Waals surface area contributed by atoms with Crippen molar-refractivity contribution in [3.8, 4) is 5.75 Å². The summed E-state index contributed by atoms with van der Waals surface area (Å²) in [6, 6.07) is 12.0. The third kappa shape index (κ3) is 5.61. The number of phenols is 1. The van der Waals surface area contributed by atoms with Crippen molar-refractivity contribution in [2.75, 3.05) is 18.2 Å². The molecular formula is C17H17NO6S. The molecule has 0 saturated heterocycles. The zero-order chi connectivity index (χ0) is 18.4. The van der Waals surface area contributed by atoms with Crippen LogP contribution in [0.15, 0.2) is 53.4 Å². The smallest absolute Gasteiger partial charge is 0.310 e. The van der Waals surface area contributed by atoms with Gasteiger partial charge in [0, 0.05) is 6.26 Å². The average molecular weight is 363 g/mol. The number of carbonyl (C=O) groups is 2. The van der Waals surface area contributed by atoms with Crippen LogP contribution >= 0.6 is 0 Å². The lowest BCUT2D eigenvalue weighted by Gasteiger charge is -2.10. The van der Waals surface area contributed by atoms with E-state index in [1.165, 1.54) is 24.3 Å². The number of rotatable bonds is 6. The molecule has 2 N–H and O–H groups in total. The monoisotopic (exact) mass is 363 g/mol. The van der Waals surface area contributed by atoms with Crippen molar-refractivity contribution in [3.63, 3.8) is 0 Å². The topological polar surface area (TPSA) is 110 Å². The van der Waals surface area contributed by atoms with Crippen molar-refractivity contribution < 1.29 is 27.9 Å². The van der Waals surface area contributed by atoms with Gasteiger partial charge in [-0.3, -0.25) is 9.59 Å². The van der Waals surface area contributed by atoms with E-state index in [1.54, 1.807) is 24.3 Å². The molecule has 0 radical (unpaired) electrons. The second-order valence-electron chi connectivity index (χ2n) is 5.32. The van der Waals surface area contributed by atoms with Crippen LogP contribution in [0.4, 0.5) is 5.69 Å². The van der Waals surface area contributed by atoms with Gasteiger partial charge in [0.25, 0.3) is 5.91 Å². The van der Waals surface area contributed by atoms with Gasteiger partial charge in [-0.15, -0.1) is 0 Å². The number of benzene rings is 2. The molecule has 0 atom stereocenters. The first-order valence-corrected chi connectivity index (χ1v) is 9.17. The van der Waals surface area contributed by atoms with E-state index in [0.717, 1.165) is 6.26 Å². The minimum atomic E-state index is -3.50. The van der Waals surface area contributed by atoms with Gasteiger partial charge in [-0.05, 0) is 29.8 Å². The van der Waals surface area contributed by atoms with E-state index in [0.29, 0.717) is 5.56 Å². The highest BCUT2D eigenvalue weighted by Crippen LogP contribution is 2.20. The second kappa shape index (κ2) is 7.80. The molecule has 0 fully saturated rings. The molecule has 0 aliphatic carbocycles. The fourth-order valence-corrected chi connectivity index (χ4v) is 2.90. The molecule has 2 aromatic rings. The Morgan fingerprint density at radius 2 is 1.72 bits per heavy atom. The first-order valence-electron chi connectivity index (χ1n) is 7.28. The first kappa shape index (κ1) is 18.5. The molecule has 0 unspecified atom stereocenters. The molecule has 2 rings (SSSR count). The summed E-state index contributed by atoms with van der Waals surface area (Å²) >= 11 is 0. The number of carbonyl (C=O) groups excluding carboxylic acids is 2. The molecule has 0 spiro atoms. The summed E-state index contributed by atoms with van der Waals surface area (Å²) in [5.41, 5.74) is 0.759. The highest BCUT2D eigenvalue weighted by Gasteiger charge is 2.15. The number of anilines is 1. The Bertz CT molecular complexity index is 874. The predicted molar refractivity (Wildman–Crippen MR) is 91.0 cm³/mol. The lowest BCUT2D eigenvalue weighted by Crippen LogP contribution is -2.22. The van der Waals surface area contributed by atoms with Crippen molar-refractivity contribution in [2.24, 2.45) is 0 Å². The minimum Gasteiger partial charge on any atom is -0.508 e. The van der Waals surface area contributed by atoms with Gasteiger partial charge in [-0.1, -0.05) is 24.3 Å². The number of hydrogen-bond acceptors (Lipinski definition) is 6. The van der Waals surface area contributed by atoms with Gasteiger partial charge in [0.2, 0.25) is 0 Å². The van der Waals surface area contributed by atoms with E-state index in [1.807, 2.05) is 0 Å². The van der Waals surface area contributed by atoms with Crippen LogP contribution in [0.5, 0.6) is 5.75 Å². The lowest BCUT2D eigenvalue weighted by molar-refractivity contribution is -0.146. The summed E-state index contributed by atoms with van der Waals surface area (Å²) in [5, 5.41) is 11.6. The molecule has 1 amide bonds. The molecule has 0 aliphatic rings. The van der Waals surface area contributed by atoms with Crippen LogP contribution in [0.1, 0.15) is 5.56 Å². The van der Waals surface area contributed by atoms with Crippen LogP contribution in [0.25, 0.3) is 0 Å². The van der Waals surface area contributed by atoms with Crippen LogP contribution in [-0.2, 0) is 30.6 Å².